The van der Waals surface area contributed by atoms with Crippen LogP contribution < -0.4 is 5.32 Å². The van der Waals surface area contributed by atoms with Crippen molar-refractivity contribution in [1.29, 1.82) is 0 Å². The summed E-state index contributed by atoms with van der Waals surface area (Å²) >= 11 is 0. The Morgan fingerprint density at radius 2 is 1.79 bits per heavy atom. The Morgan fingerprint density at radius 1 is 1.07 bits per heavy atom. The molecule has 84 valence electrons. The van der Waals surface area contributed by atoms with E-state index in [0.29, 0.717) is 12.5 Å². The first-order chi connectivity index (χ1) is 6.74. The molecule has 0 aromatic carbocycles. The van der Waals surface area contributed by atoms with Crippen LogP contribution in [0.2, 0.25) is 0 Å². The number of nitrogens with one attached hydrogen (secondary N) is 1. The van der Waals surface area contributed by atoms with Gasteiger partial charge >= 0.3 is 0 Å². The zero-order chi connectivity index (χ0) is 10.8. The van der Waals surface area contributed by atoms with E-state index in [1.54, 1.807) is 0 Å². The third-order valence-electron chi connectivity index (χ3n) is 2.39. The second kappa shape index (κ2) is 9.04. The van der Waals surface area contributed by atoms with Crippen molar-refractivity contribution in [1.82, 2.24) is 5.32 Å². The maximum Gasteiger partial charge on any atom is 0.220 e. The van der Waals surface area contributed by atoms with Crippen molar-refractivity contribution in [3.05, 3.63) is 0 Å². The van der Waals surface area contributed by atoms with Crippen LogP contribution in [0.25, 0.3) is 0 Å². The number of hydrogen-bond acceptors (Lipinski definition) is 1. The molecule has 0 aliphatic heterocycles. The molecule has 0 aliphatic carbocycles. The van der Waals surface area contributed by atoms with E-state index in [1.807, 2.05) is 6.92 Å². The molecular weight excluding hydrogens is 174 g/mol. The van der Waals surface area contributed by atoms with Crippen molar-refractivity contribution in [3.8, 4) is 0 Å². The van der Waals surface area contributed by atoms with Crippen molar-refractivity contribution >= 4 is 5.91 Å². The van der Waals surface area contributed by atoms with Gasteiger partial charge in [0.25, 0.3) is 0 Å². The van der Waals surface area contributed by atoms with E-state index < -0.39 is 0 Å². The molecular formula is C12H25NO. The van der Waals surface area contributed by atoms with Gasteiger partial charge < -0.3 is 5.32 Å². The van der Waals surface area contributed by atoms with Gasteiger partial charge in [0.2, 0.25) is 5.91 Å². The first kappa shape index (κ1) is 13.5. The third kappa shape index (κ3) is 6.93. The van der Waals surface area contributed by atoms with Gasteiger partial charge in [0.15, 0.2) is 0 Å². The van der Waals surface area contributed by atoms with Gasteiger partial charge in [-0.25, -0.2) is 0 Å². The van der Waals surface area contributed by atoms with Crippen LogP contribution in [0.1, 0.15) is 65.7 Å². The largest absolute Gasteiger partial charge is 0.353 e. The molecule has 0 saturated heterocycles. The minimum Gasteiger partial charge on any atom is -0.353 e. The van der Waals surface area contributed by atoms with Gasteiger partial charge in [-0.2, -0.15) is 0 Å². The minimum atomic E-state index is 0.224. The number of unbranched alkanes of at least 4 members (excludes halogenated alkanes) is 1. The summed E-state index contributed by atoms with van der Waals surface area (Å²) in [6, 6.07) is 0.416. The monoisotopic (exact) mass is 199 g/mol. The summed E-state index contributed by atoms with van der Waals surface area (Å²) in [4.78, 5) is 11.4. The lowest BCUT2D eigenvalue weighted by Gasteiger charge is -2.17. The van der Waals surface area contributed by atoms with Gasteiger partial charge in [-0.1, -0.05) is 40.0 Å². The first-order valence-electron chi connectivity index (χ1n) is 6.03. The average Bonchev–Trinajstić information content (AvgIpc) is 2.15. The molecule has 0 fully saturated rings. The topological polar surface area (TPSA) is 29.1 Å². The first-order valence-corrected chi connectivity index (χ1v) is 6.03. The Labute approximate surface area is 88.5 Å². The second-order valence-electron chi connectivity index (χ2n) is 3.95. The SMILES string of the molecule is CCCCC(CCC)NC(=O)CCC. The predicted molar refractivity (Wildman–Crippen MR) is 61.3 cm³/mol. The Hall–Kier alpha value is -0.530. The highest BCUT2D eigenvalue weighted by Gasteiger charge is 2.09. The van der Waals surface area contributed by atoms with Crippen LogP contribution in [-0.2, 0) is 4.79 Å². The maximum atomic E-state index is 11.4. The fourth-order valence-corrected chi connectivity index (χ4v) is 1.61. The van der Waals surface area contributed by atoms with Gasteiger partial charge in [-0.15, -0.1) is 0 Å². The van der Waals surface area contributed by atoms with E-state index in [-0.39, 0.29) is 5.91 Å². The Balaban J connectivity index is 3.75. The van der Waals surface area contributed by atoms with Crippen molar-refractivity contribution in [2.75, 3.05) is 0 Å². The molecule has 1 unspecified atom stereocenters. The fraction of sp³-hybridized carbons (Fsp3) is 0.917. The zero-order valence-electron chi connectivity index (χ0n) is 9.94. The molecule has 14 heavy (non-hydrogen) atoms. The third-order valence-corrected chi connectivity index (χ3v) is 2.39. The molecule has 1 N–H and O–H groups in total. The molecule has 0 aliphatic rings. The van der Waals surface area contributed by atoms with E-state index in [2.05, 4.69) is 19.2 Å². The summed E-state index contributed by atoms with van der Waals surface area (Å²) in [6.07, 6.45) is 7.46. The lowest BCUT2D eigenvalue weighted by Crippen LogP contribution is -2.34. The number of rotatable bonds is 8. The molecule has 1 atom stereocenters. The highest BCUT2D eigenvalue weighted by atomic mass is 16.1. The number of amides is 1. The molecule has 0 heterocycles. The molecule has 0 aromatic rings. The quantitative estimate of drug-likeness (QED) is 0.638. The zero-order valence-corrected chi connectivity index (χ0v) is 9.94. The van der Waals surface area contributed by atoms with Crippen molar-refractivity contribution in [3.63, 3.8) is 0 Å². The molecule has 0 bridgehead atoms. The van der Waals surface area contributed by atoms with Crippen LogP contribution in [0.4, 0.5) is 0 Å². The molecule has 2 heteroatoms. The molecule has 0 rings (SSSR count). The number of carbonyl (C=O) groups is 1. The highest BCUT2D eigenvalue weighted by molar-refractivity contribution is 5.76. The highest BCUT2D eigenvalue weighted by Crippen LogP contribution is 2.07. The lowest BCUT2D eigenvalue weighted by atomic mass is 10.0. The molecule has 0 spiro atoms. The maximum absolute atomic E-state index is 11.4. The smallest absolute Gasteiger partial charge is 0.220 e. The number of carbonyl (C=O) groups excluding carboxylic acids is 1. The van der Waals surface area contributed by atoms with Gasteiger partial charge in [0, 0.05) is 12.5 Å². The van der Waals surface area contributed by atoms with Crippen molar-refractivity contribution in [2.45, 2.75) is 71.8 Å². The molecule has 0 saturated carbocycles. The van der Waals surface area contributed by atoms with E-state index in [0.717, 1.165) is 25.7 Å². The van der Waals surface area contributed by atoms with Crippen molar-refractivity contribution < 1.29 is 4.79 Å². The summed E-state index contributed by atoms with van der Waals surface area (Å²) in [5.74, 6) is 0.224. The van der Waals surface area contributed by atoms with Crippen LogP contribution >= 0.6 is 0 Å². The summed E-state index contributed by atoms with van der Waals surface area (Å²) in [5, 5.41) is 3.11. The molecule has 2 nitrogen and oxygen atoms in total. The van der Waals surface area contributed by atoms with E-state index in [9.17, 15) is 4.79 Å². The van der Waals surface area contributed by atoms with Gasteiger partial charge in [-0.05, 0) is 19.3 Å². The van der Waals surface area contributed by atoms with Gasteiger partial charge in [0.05, 0.1) is 0 Å². The fourth-order valence-electron chi connectivity index (χ4n) is 1.61. The summed E-state index contributed by atoms with van der Waals surface area (Å²) in [6.45, 7) is 6.41. The Kier molecular flexibility index (Phi) is 8.70. The second-order valence-corrected chi connectivity index (χ2v) is 3.95. The van der Waals surface area contributed by atoms with Crippen LogP contribution in [0.3, 0.4) is 0 Å². The summed E-state index contributed by atoms with van der Waals surface area (Å²) < 4.78 is 0. The van der Waals surface area contributed by atoms with E-state index in [1.165, 1.54) is 12.8 Å². The van der Waals surface area contributed by atoms with Crippen LogP contribution in [0.5, 0.6) is 0 Å². The van der Waals surface area contributed by atoms with Gasteiger partial charge in [0.1, 0.15) is 0 Å². The molecule has 0 radical (unpaired) electrons. The minimum absolute atomic E-state index is 0.224. The summed E-state index contributed by atoms with van der Waals surface area (Å²) in [5.41, 5.74) is 0. The lowest BCUT2D eigenvalue weighted by molar-refractivity contribution is -0.121. The standard InChI is InChI=1S/C12H25NO/c1-4-7-10-11(8-5-2)13-12(14)9-6-3/h11H,4-10H2,1-3H3,(H,13,14). The van der Waals surface area contributed by atoms with E-state index in [4.69, 9.17) is 0 Å². The normalized spacial score (nSPS) is 12.5. The molecule has 0 aromatic heterocycles. The van der Waals surface area contributed by atoms with E-state index >= 15 is 0 Å². The Bertz CT molecular complexity index is 145. The predicted octanol–water partition coefficient (Wildman–Crippen LogP) is 3.26. The van der Waals surface area contributed by atoms with Crippen LogP contribution in [0.15, 0.2) is 0 Å². The van der Waals surface area contributed by atoms with Crippen LogP contribution in [-0.4, -0.2) is 11.9 Å². The van der Waals surface area contributed by atoms with Crippen molar-refractivity contribution in [2.24, 2.45) is 0 Å². The average molecular weight is 199 g/mol. The van der Waals surface area contributed by atoms with Gasteiger partial charge in [-0.3, -0.25) is 4.79 Å². The van der Waals surface area contributed by atoms with Crippen LogP contribution in [0, 0.1) is 0 Å². The molecule has 1 amide bonds. The Morgan fingerprint density at radius 3 is 2.29 bits per heavy atom. The number of hydrogen-bond donors (Lipinski definition) is 1. The summed E-state index contributed by atoms with van der Waals surface area (Å²) in [7, 11) is 0.